The van der Waals surface area contributed by atoms with Crippen LogP contribution in [-0.2, 0) is 45.0 Å². The summed E-state index contributed by atoms with van der Waals surface area (Å²) in [5.41, 5.74) is 7.49. The Bertz CT molecular complexity index is 3620. The number of methoxy groups -OCH3 is 2. The van der Waals surface area contributed by atoms with Crippen LogP contribution in [0.25, 0.3) is 21.5 Å². The van der Waals surface area contributed by atoms with Crippen molar-refractivity contribution in [3.63, 3.8) is 0 Å². The summed E-state index contributed by atoms with van der Waals surface area (Å²) in [5, 5.41) is 24.5. The van der Waals surface area contributed by atoms with Gasteiger partial charge in [-0.15, -0.1) is 0 Å². The third-order valence-corrected chi connectivity index (χ3v) is 18.9. The van der Waals surface area contributed by atoms with Gasteiger partial charge in [-0.2, -0.15) is 30.5 Å². The predicted molar refractivity (Wildman–Crippen MR) is 335 cm³/mol. The molecule has 8 heterocycles. The fourth-order valence-corrected chi connectivity index (χ4v) is 14.2. The molecule has 3 unspecified atom stereocenters. The van der Waals surface area contributed by atoms with E-state index in [9.17, 15) is 20.1 Å². The minimum absolute atomic E-state index is 0.0214. The maximum atomic E-state index is 13.0. The number of aromatic nitrogens is 4. The van der Waals surface area contributed by atoms with Crippen molar-refractivity contribution in [2.75, 3.05) is 133 Å². The number of benzene rings is 4. The molecule has 6 aromatic rings. The number of hydrogen-bond donors (Lipinski definition) is 0. The van der Waals surface area contributed by atoms with Gasteiger partial charge in [0.1, 0.15) is 24.8 Å². The fraction of sp³-hybridized carbons (Fsp3) is 0.463. The molecule has 0 radical (unpaired) electrons. The minimum Gasteiger partial charge on any atom is -0.462 e. The number of ether oxygens (including phenoxy) is 4. The number of piperazine rings is 2. The molecule has 0 bridgehead atoms. The SMILES string of the molecule is C=CC(=O)N1CCN(c2nc(OC[C@@H]3C[C@@H](OC)CN3C)nc3c2CCN(c2cc(C4C[C@@H](COc5nc6c(c(N7CCN(C(=O)C=C)C(CC#N)C7)n5)CCN(c5cccc7ccccc57)C6)N(CCOC)C4)cc4ccccc24)C3)CC1CC#N. The molecule has 0 N–H and O–H groups in total. The fourth-order valence-electron chi connectivity index (χ4n) is 14.2. The van der Waals surface area contributed by atoms with Gasteiger partial charge in [-0.05, 0) is 79.3 Å². The maximum Gasteiger partial charge on any atom is 0.318 e. The van der Waals surface area contributed by atoms with Crippen LogP contribution in [0.5, 0.6) is 12.0 Å². The monoisotopic (exact) mass is 1170 g/mol. The highest BCUT2D eigenvalue weighted by Crippen LogP contribution is 2.41. The van der Waals surface area contributed by atoms with E-state index in [-0.39, 0.29) is 60.8 Å². The van der Waals surface area contributed by atoms with Crippen LogP contribution in [0.3, 0.4) is 0 Å². The molecule has 4 aromatic carbocycles. The standard InChI is InChI=1S/C67H78N14O6/c1-6-62(82)80-29-27-78(38-49(80)19-23-68)64-56-21-25-76(60-18-12-15-45-13-8-10-16-54(45)60)41-58(56)70-67(73-64)87-44-52-34-48(37-75(52)31-32-84-4)47-33-46-14-9-11-17-55(46)61(35-47)77-26-22-57-59(42-77)71-66(86-43-51-36-53(85-5)40-74(51)3)72-65(57)79-28-30-81(63(83)7-2)50(39-79)20-24-69/h6-18,33,35,48-53H,1-2,19-22,25-32,34,36-44H2,3-5H3/t48?,49?,50?,51-,52-,53+/m0/s1. The molecule has 4 saturated heterocycles. The number of hydrogen-bond acceptors (Lipinski definition) is 18. The van der Waals surface area contributed by atoms with Gasteiger partial charge < -0.3 is 48.3 Å². The smallest absolute Gasteiger partial charge is 0.318 e. The molecule has 6 atom stereocenters. The van der Waals surface area contributed by atoms with Gasteiger partial charge in [-0.1, -0.05) is 79.9 Å². The minimum atomic E-state index is -0.321. The van der Waals surface area contributed by atoms with Crippen molar-refractivity contribution in [2.24, 2.45) is 0 Å². The molecule has 20 nitrogen and oxygen atoms in total. The Morgan fingerprint density at radius 2 is 1.18 bits per heavy atom. The second kappa shape index (κ2) is 26.3. The Hall–Kier alpha value is -8.40. The van der Waals surface area contributed by atoms with E-state index in [0.717, 1.165) is 108 Å². The Labute approximate surface area is 509 Å². The molecule has 0 saturated carbocycles. The summed E-state index contributed by atoms with van der Waals surface area (Å²) in [4.78, 5) is 64.4. The number of carbonyl (C=O) groups is 2. The van der Waals surface area contributed by atoms with Crippen molar-refractivity contribution in [1.82, 2.24) is 39.5 Å². The summed E-state index contributed by atoms with van der Waals surface area (Å²) in [6, 6.07) is 33.1. The van der Waals surface area contributed by atoms with Gasteiger partial charge in [0.15, 0.2) is 0 Å². The lowest BCUT2D eigenvalue weighted by Gasteiger charge is -2.42. The van der Waals surface area contributed by atoms with Gasteiger partial charge in [0.25, 0.3) is 0 Å². The van der Waals surface area contributed by atoms with Gasteiger partial charge in [0.05, 0.1) is 74.3 Å². The molecule has 0 aliphatic carbocycles. The van der Waals surface area contributed by atoms with Crippen molar-refractivity contribution in [3.05, 3.63) is 132 Å². The molecular formula is C67H78N14O6. The van der Waals surface area contributed by atoms with E-state index in [0.29, 0.717) is 90.6 Å². The third-order valence-electron chi connectivity index (χ3n) is 18.9. The Morgan fingerprint density at radius 1 is 0.621 bits per heavy atom. The van der Waals surface area contributed by atoms with Gasteiger partial charge in [0, 0.05) is 132 Å². The summed E-state index contributed by atoms with van der Waals surface area (Å²) in [5.74, 6) is 1.43. The second-order valence-corrected chi connectivity index (χ2v) is 23.9. The zero-order valence-corrected chi connectivity index (χ0v) is 50.3. The molecule has 87 heavy (non-hydrogen) atoms. The number of amides is 2. The van der Waals surface area contributed by atoms with Crippen LogP contribution < -0.4 is 29.1 Å². The topological polar surface area (TPSA) is 196 Å². The van der Waals surface area contributed by atoms with Crippen molar-refractivity contribution in [2.45, 2.75) is 87.8 Å². The number of nitriles is 2. The first kappa shape index (κ1) is 59.0. The normalized spacial score (nSPS) is 22.4. The van der Waals surface area contributed by atoms with E-state index < -0.39 is 0 Å². The number of carbonyl (C=O) groups excluding carboxylic acids is 2. The van der Waals surface area contributed by atoms with Crippen LogP contribution >= 0.6 is 0 Å². The molecule has 0 spiro atoms. The summed E-state index contributed by atoms with van der Waals surface area (Å²) >= 11 is 0. The largest absolute Gasteiger partial charge is 0.462 e. The van der Waals surface area contributed by atoms with E-state index in [1.165, 1.54) is 28.5 Å². The van der Waals surface area contributed by atoms with E-state index in [1.54, 1.807) is 24.0 Å². The molecule has 6 aliphatic heterocycles. The highest BCUT2D eigenvalue weighted by molar-refractivity contribution is 5.96. The van der Waals surface area contributed by atoms with Crippen LogP contribution in [0.4, 0.5) is 23.0 Å². The lowest BCUT2D eigenvalue weighted by Crippen LogP contribution is -2.55. The zero-order chi connectivity index (χ0) is 60.1. The highest BCUT2D eigenvalue weighted by Gasteiger charge is 2.39. The first-order valence-electron chi connectivity index (χ1n) is 30.7. The van der Waals surface area contributed by atoms with Crippen molar-refractivity contribution < 1.29 is 28.5 Å². The van der Waals surface area contributed by atoms with E-state index in [4.69, 9.17) is 38.9 Å². The molecule has 2 aromatic heterocycles. The van der Waals surface area contributed by atoms with Crippen LogP contribution in [-0.4, -0.2) is 195 Å². The number of fused-ring (bicyclic) bond motifs is 4. The predicted octanol–water partition coefficient (Wildman–Crippen LogP) is 6.91. The highest BCUT2D eigenvalue weighted by atomic mass is 16.5. The van der Waals surface area contributed by atoms with E-state index >= 15 is 0 Å². The van der Waals surface area contributed by atoms with E-state index in [1.807, 2.05) is 0 Å². The molecule has 4 fully saturated rings. The first-order chi connectivity index (χ1) is 42.5. The zero-order valence-electron chi connectivity index (χ0n) is 50.3. The number of anilines is 4. The number of likely N-dealkylation sites (N-methyl/N-ethyl adjacent to an activating group) is 1. The first-order valence-corrected chi connectivity index (χ1v) is 30.7. The molecule has 6 aliphatic rings. The lowest BCUT2D eigenvalue weighted by molar-refractivity contribution is -0.129. The number of nitrogens with zero attached hydrogens (tertiary/aromatic N) is 14. The van der Waals surface area contributed by atoms with Crippen LogP contribution in [0.2, 0.25) is 0 Å². The Balaban J connectivity index is 0.827. The van der Waals surface area contributed by atoms with Gasteiger partial charge >= 0.3 is 12.0 Å². The van der Waals surface area contributed by atoms with E-state index in [2.05, 4.69) is 141 Å². The van der Waals surface area contributed by atoms with Crippen LogP contribution in [0, 0.1) is 22.7 Å². The summed E-state index contributed by atoms with van der Waals surface area (Å²) in [6.07, 6.45) is 6.27. The Morgan fingerprint density at radius 3 is 1.76 bits per heavy atom. The van der Waals surface area contributed by atoms with Crippen molar-refractivity contribution in [1.29, 1.82) is 10.5 Å². The number of rotatable bonds is 19. The van der Waals surface area contributed by atoms with Crippen molar-refractivity contribution >= 4 is 56.4 Å². The summed E-state index contributed by atoms with van der Waals surface area (Å²) in [7, 11) is 5.59. The quantitative estimate of drug-likeness (QED) is 0.0758. The van der Waals surface area contributed by atoms with Crippen LogP contribution in [0.15, 0.2) is 104 Å². The second-order valence-electron chi connectivity index (χ2n) is 23.9. The van der Waals surface area contributed by atoms with Gasteiger partial charge in [-0.3, -0.25) is 19.4 Å². The number of likely N-dealkylation sites (tertiary alicyclic amines) is 2. The van der Waals surface area contributed by atoms with Crippen LogP contribution in [0.1, 0.15) is 59.7 Å². The molecule has 2 amide bonds. The van der Waals surface area contributed by atoms with Crippen molar-refractivity contribution in [3.8, 4) is 24.2 Å². The third kappa shape index (κ3) is 12.3. The molecule has 12 rings (SSSR count). The summed E-state index contributed by atoms with van der Waals surface area (Å²) < 4.78 is 24.9. The van der Waals surface area contributed by atoms with Gasteiger partial charge in [0.2, 0.25) is 11.8 Å². The summed E-state index contributed by atoms with van der Waals surface area (Å²) in [6.45, 7) is 16.7. The average molecular weight is 1180 g/mol. The molecule has 20 heteroatoms. The average Bonchev–Trinajstić information content (AvgIpc) is 1.94. The molecule has 452 valence electrons. The van der Waals surface area contributed by atoms with Gasteiger partial charge in [-0.25, -0.2) is 0 Å². The molecular weight excluding hydrogens is 1100 g/mol. The maximum absolute atomic E-state index is 13.0. The lowest BCUT2D eigenvalue weighted by atomic mass is 9.92. The Kier molecular flexibility index (Phi) is 17.8.